The Morgan fingerprint density at radius 1 is 1.17 bits per heavy atom. The van der Waals surface area contributed by atoms with Crippen molar-refractivity contribution in [2.45, 2.75) is 52.1 Å². The van der Waals surface area contributed by atoms with Crippen LogP contribution in [0, 0.1) is 6.92 Å². The second-order valence-electron chi connectivity index (χ2n) is 7.38. The first-order valence-electron chi connectivity index (χ1n) is 10.2. The van der Waals surface area contributed by atoms with Crippen LogP contribution in [0.15, 0.2) is 18.7 Å². The highest BCUT2D eigenvalue weighted by atomic mass is 16.1. The Labute approximate surface area is 169 Å². The number of carbonyl (C=O) groups excluding carboxylic acids is 1. The van der Waals surface area contributed by atoms with Gasteiger partial charge in [-0.25, -0.2) is 24.9 Å². The number of likely N-dealkylation sites (tertiary alicyclic amines) is 1. The molecular formula is C20H26N8O. The number of nitrogens with zero attached hydrogens (tertiary/aromatic N) is 7. The largest absolute Gasteiger partial charge is 0.364 e. The smallest absolute Gasteiger partial charge is 0.209 e. The summed E-state index contributed by atoms with van der Waals surface area (Å²) in [4.78, 5) is 34.8. The van der Waals surface area contributed by atoms with E-state index in [0.717, 1.165) is 54.3 Å². The van der Waals surface area contributed by atoms with Gasteiger partial charge < -0.3 is 14.8 Å². The predicted molar refractivity (Wildman–Crippen MR) is 110 cm³/mol. The molecule has 9 heteroatoms. The fourth-order valence-corrected chi connectivity index (χ4v) is 3.26. The van der Waals surface area contributed by atoms with E-state index in [2.05, 4.69) is 25.3 Å². The van der Waals surface area contributed by atoms with E-state index in [1.165, 1.54) is 19.3 Å². The summed E-state index contributed by atoms with van der Waals surface area (Å²) in [6.45, 7) is 6.05. The molecule has 152 valence electrons. The Morgan fingerprint density at radius 3 is 2.55 bits per heavy atom. The number of rotatable bonds is 5. The minimum Gasteiger partial charge on any atom is -0.364 e. The number of imidazole rings is 1. The van der Waals surface area contributed by atoms with Gasteiger partial charge in [-0.05, 0) is 20.3 Å². The lowest BCUT2D eigenvalue weighted by Crippen LogP contribution is -2.25. The summed E-state index contributed by atoms with van der Waals surface area (Å²) in [7, 11) is 0. The Bertz CT molecular complexity index is 979. The highest BCUT2D eigenvalue weighted by Crippen LogP contribution is 2.27. The maximum absolute atomic E-state index is 10.9. The summed E-state index contributed by atoms with van der Waals surface area (Å²) in [5.74, 6) is 2.18. The number of amides is 1. The third-order valence-corrected chi connectivity index (χ3v) is 4.95. The number of hydrogen-bond acceptors (Lipinski definition) is 7. The molecule has 1 saturated carbocycles. The van der Waals surface area contributed by atoms with Crippen LogP contribution in [0.5, 0.6) is 0 Å². The summed E-state index contributed by atoms with van der Waals surface area (Å²) < 4.78 is 2.03. The third kappa shape index (κ3) is 4.33. The van der Waals surface area contributed by atoms with Crippen molar-refractivity contribution < 1.29 is 4.79 Å². The molecule has 1 atom stereocenters. The van der Waals surface area contributed by atoms with Crippen molar-refractivity contribution in [2.75, 3.05) is 18.4 Å². The second-order valence-corrected chi connectivity index (χ2v) is 7.38. The zero-order chi connectivity index (χ0) is 20.2. The summed E-state index contributed by atoms with van der Waals surface area (Å²) in [5.41, 5.74) is 2.33. The SMILES string of the molecule is C1CC1.CCn1c(-c2cnc(C)nc2)nc2c(NC3CCN(C=O)C3)ncnc21. The number of aromatic nitrogens is 6. The molecule has 4 heterocycles. The van der Waals surface area contributed by atoms with Gasteiger partial charge in [0.25, 0.3) is 0 Å². The second kappa shape index (κ2) is 8.50. The zero-order valence-electron chi connectivity index (χ0n) is 16.9. The van der Waals surface area contributed by atoms with Crippen LogP contribution in [-0.4, -0.2) is 59.9 Å². The van der Waals surface area contributed by atoms with Crippen LogP contribution in [0.4, 0.5) is 5.82 Å². The molecule has 1 aliphatic heterocycles. The first kappa shape index (κ1) is 19.2. The molecular weight excluding hydrogens is 368 g/mol. The number of nitrogens with one attached hydrogen (secondary N) is 1. The summed E-state index contributed by atoms with van der Waals surface area (Å²) in [6, 6.07) is 0.163. The summed E-state index contributed by atoms with van der Waals surface area (Å²) >= 11 is 0. The van der Waals surface area contributed by atoms with E-state index in [-0.39, 0.29) is 6.04 Å². The highest BCUT2D eigenvalue weighted by molar-refractivity contribution is 5.86. The summed E-state index contributed by atoms with van der Waals surface area (Å²) in [5, 5.41) is 3.41. The highest BCUT2D eigenvalue weighted by Gasteiger charge is 2.23. The van der Waals surface area contributed by atoms with Gasteiger partial charge in [-0.3, -0.25) is 4.79 Å². The van der Waals surface area contributed by atoms with Crippen LogP contribution >= 0.6 is 0 Å². The van der Waals surface area contributed by atoms with Crippen molar-refractivity contribution >= 4 is 23.4 Å². The van der Waals surface area contributed by atoms with Crippen molar-refractivity contribution in [1.82, 2.24) is 34.4 Å². The Hall–Kier alpha value is -3.10. The van der Waals surface area contributed by atoms with Crippen LogP contribution in [-0.2, 0) is 11.3 Å². The minimum atomic E-state index is 0.163. The Morgan fingerprint density at radius 2 is 1.93 bits per heavy atom. The van der Waals surface area contributed by atoms with Gasteiger partial charge in [-0.1, -0.05) is 19.3 Å². The first-order chi connectivity index (χ1) is 14.2. The van der Waals surface area contributed by atoms with Gasteiger partial charge in [-0.2, -0.15) is 0 Å². The van der Waals surface area contributed by atoms with Gasteiger partial charge in [-0.15, -0.1) is 0 Å². The number of anilines is 1. The molecule has 5 rings (SSSR count). The lowest BCUT2D eigenvalue weighted by Gasteiger charge is -2.13. The van der Waals surface area contributed by atoms with Gasteiger partial charge >= 0.3 is 0 Å². The fraction of sp³-hybridized carbons (Fsp3) is 0.500. The van der Waals surface area contributed by atoms with E-state index in [4.69, 9.17) is 4.98 Å². The van der Waals surface area contributed by atoms with Crippen LogP contribution in [0.1, 0.15) is 38.4 Å². The monoisotopic (exact) mass is 394 g/mol. The normalized spacial score (nSPS) is 17.7. The quantitative estimate of drug-likeness (QED) is 0.663. The van der Waals surface area contributed by atoms with Crippen LogP contribution in [0.25, 0.3) is 22.6 Å². The average Bonchev–Trinajstić information content (AvgIpc) is 3.48. The van der Waals surface area contributed by atoms with Gasteiger partial charge in [0.05, 0.1) is 5.56 Å². The number of aryl methyl sites for hydroxylation is 2. The maximum atomic E-state index is 10.9. The van der Waals surface area contributed by atoms with Gasteiger partial charge in [0.2, 0.25) is 6.41 Å². The van der Waals surface area contributed by atoms with Crippen molar-refractivity contribution in [3.63, 3.8) is 0 Å². The number of fused-ring (bicyclic) bond motifs is 1. The Kier molecular flexibility index (Phi) is 5.64. The van der Waals surface area contributed by atoms with E-state index in [1.807, 2.05) is 18.4 Å². The molecule has 1 amide bonds. The fourth-order valence-electron chi connectivity index (χ4n) is 3.26. The zero-order valence-corrected chi connectivity index (χ0v) is 16.9. The molecule has 29 heavy (non-hydrogen) atoms. The molecule has 0 radical (unpaired) electrons. The van der Waals surface area contributed by atoms with E-state index < -0.39 is 0 Å². The third-order valence-electron chi connectivity index (χ3n) is 4.95. The molecule has 3 aromatic heterocycles. The van der Waals surface area contributed by atoms with Crippen LogP contribution in [0.2, 0.25) is 0 Å². The molecule has 2 fully saturated rings. The van der Waals surface area contributed by atoms with Gasteiger partial charge in [0, 0.05) is 38.1 Å². The molecule has 1 saturated heterocycles. The van der Waals surface area contributed by atoms with E-state index in [9.17, 15) is 4.79 Å². The van der Waals surface area contributed by atoms with Crippen molar-refractivity contribution in [2.24, 2.45) is 0 Å². The molecule has 0 bridgehead atoms. The lowest BCUT2D eigenvalue weighted by atomic mass is 10.2. The van der Waals surface area contributed by atoms with E-state index in [0.29, 0.717) is 12.4 Å². The molecule has 1 aliphatic carbocycles. The molecule has 3 aromatic rings. The Balaban J connectivity index is 0.000000626. The molecule has 2 aliphatic rings. The first-order valence-corrected chi connectivity index (χ1v) is 10.2. The topological polar surface area (TPSA) is 102 Å². The van der Waals surface area contributed by atoms with Crippen LogP contribution < -0.4 is 5.32 Å². The molecule has 1 unspecified atom stereocenters. The van der Waals surface area contributed by atoms with Crippen LogP contribution in [0.3, 0.4) is 0 Å². The molecule has 0 spiro atoms. The van der Waals surface area contributed by atoms with E-state index >= 15 is 0 Å². The van der Waals surface area contributed by atoms with E-state index in [1.54, 1.807) is 23.6 Å². The van der Waals surface area contributed by atoms with Gasteiger partial charge in [0.1, 0.15) is 18.0 Å². The number of carbonyl (C=O) groups is 1. The number of hydrogen-bond donors (Lipinski definition) is 1. The minimum absolute atomic E-state index is 0.163. The molecule has 9 nitrogen and oxygen atoms in total. The average molecular weight is 394 g/mol. The van der Waals surface area contributed by atoms with Gasteiger partial charge in [0.15, 0.2) is 17.0 Å². The van der Waals surface area contributed by atoms with Crippen molar-refractivity contribution in [3.05, 3.63) is 24.5 Å². The van der Waals surface area contributed by atoms with Crippen molar-refractivity contribution in [1.29, 1.82) is 0 Å². The standard InChI is InChI=1S/C17H20N8O.C3H6/c1-3-25-16(12-6-18-11(2)19-7-12)23-14-15(20-9-21-17(14)25)22-13-4-5-24(8-13)10-26;1-2-3-1/h6-7,9-10,13H,3-5,8H2,1-2H3,(H,20,21,22);1-3H2. The molecule has 0 aromatic carbocycles. The maximum Gasteiger partial charge on any atom is 0.209 e. The summed E-state index contributed by atoms with van der Waals surface area (Å²) in [6.07, 6.45) is 11.4. The predicted octanol–water partition coefficient (Wildman–Crippen LogP) is 2.42. The van der Waals surface area contributed by atoms with Crippen molar-refractivity contribution in [3.8, 4) is 11.4 Å². The molecule has 1 N–H and O–H groups in total. The lowest BCUT2D eigenvalue weighted by molar-refractivity contribution is -0.117.